The first kappa shape index (κ1) is 10.0. The fourth-order valence-corrected chi connectivity index (χ4v) is 3.11. The Labute approximate surface area is 97.4 Å². The van der Waals surface area contributed by atoms with Crippen LogP contribution in [0.15, 0.2) is 18.2 Å². The summed E-state index contributed by atoms with van der Waals surface area (Å²) < 4.78 is 0. The maximum absolute atomic E-state index is 3.74. The molecule has 1 saturated carbocycles. The lowest BCUT2D eigenvalue weighted by Crippen LogP contribution is -2.36. The smallest absolute Gasteiger partial charge is 0.0581 e. The lowest BCUT2D eigenvalue weighted by atomic mass is 9.85. The van der Waals surface area contributed by atoms with Gasteiger partial charge in [0.2, 0.25) is 0 Å². The second-order valence-corrected chi connectivity index (χ2v) is 5.65. The Morgan fingerprint density at radius 2 is 2.19 bits per heavy atom. The summed E-state index contributed by atoms with van der Waals surface area (Å²) in [5.74, 6) is 0. The van der Waals surface area contributed by atoms with Crippen molar-refractivity contribution in [1.82, 2.24) is 0 Å². The second kappa shape index (κ2) is 3.41. The Bertz CT molecular complexity index is 413. The van der Waals surface area contributed by atoms with Crippen LogP contribution in [0, 0.1) is 12.3 Å². The third-order valence-electron chi connectivity index (χ3n) is 4.27. The van der Waals surface area contributed by atoms with Gasteiger partial charge in [-0.15, -0.1) is 0 Å². The minimum Gasteiger partial charge on any atom is -0.383 e. The van der Waals surface area contributed by atoms with E-state index in [0.717, 1.165) is 6.54 Å². The van der Waals surface area contributed by atoms with Crippen LogP contribution < -0.4 is 10.6 Å². The molecule has 16 heavy (non-hydrogen) atoms. The zero-order valence-corrected chi connectivity index (χ0v) is 10.1. The van der Waals surface area contributed by atoms with E-state index in [4.69, 9.17) is 0 Å². The van der Waals surface area contributed by atoms with Gasteiger partial charge in [-0.05, 0) is 37.5 Å². The van der Waals surface area contributed by atoms with Gasteiger partial charge >= 0.3 is 0 Å². The normalized spacial score (nSPS) is 32.0. The molecule has 2 N–H and O–H groups in total. The van der Waals surface area contributed by atoms with E-state index in [-0.39, 0.29) is 0 Å². The van der Waals surface area contributed by atoms with Crippen LogP contribution in [0.25, 0.3) is 0 Å². The van der Waals surface area contributed by atoms with Gasteiger partial charge in [0.25, 0.3) is 0 Å². The number of benzene rings is 1. The standard InChI is InChI=1S/C14H20N2/c1-10-5-6-11-12(8-10)16-13-4-3-7-14(13,2)9-15-11/h5-6,8,13,15-16H,3-4,7,9H2,1-2H3. The van der Waals surface area contributed by atoms with Crippen LogP contribution in [-0.4, -0.2) is 12.6 Å². The molecule has 2 unspecified atom stereocenters. The van der Waals surface area contributed by atoms with Crippen molar-refractivity contribution in [2.24, 2.45) is 5.41 Å². The maximum Gasteiger partial charge on any atom is 0.0581 e. The monoisotopic (exact) mass is 216 g/mol. The van der Waals surface area contributed by atoms with Crippen molar-refractivity contribution in [3.63, 3.8) is 0 Å². The molecule has 0 amide bonds. The first-order chi connectivity index (χ1) is 7.67. The van der Waals surface area contributed by atoms with Crippen LogP contribution in [0.2, 0.25) is 0 Å². The van der Waals surface area contributed by atoms with Gasteiger partial charge in [0.1, 0.15) is 0 Å². The van der Waals surface area contributed by atoms with E-state index in [2.05, 4.69) is 42.7 Å². The minimum atomic E-state index is 0.424. The van der Waals surface area contributed by atoms with Gasteiger partial charge in [-0.1, -0.05) is 19.4 Å². The maximum atomic E-state index is 3.74. The summed E-state index contributed by atoms with van der Waals surface area (Å²) in [5.41, 5.74) is 4.30. The van der Waals surface area contributed by atoms with Crippen molar-refractivity contribution < 1.29 is 0 Å². The van der Waals surface area contributed by atoms with Gasteiger partial charge in [-0.25, -0.2) is 0 Å². The second-order valence-electron chi connectivity index (χ2n) is 5.65. The van der Waals surface area contributed by atoms with Crippen molar-refractivity contribution in [1.29, 1.82) is 0 Å². The highest BCUT2D eigenvalue weighted by atomic mass is 15.0. The molecular formula is C14H20N2. The summed E-state index contributed by atoms with van der Waals surface area (Å²) in [6, 6.07) is 7.27. The molecule has 2 atom stereocenters. The van der Waals surface area contributed by atoms with Crippen LogP contribution in [0.1, 0.15) is 31.7 Å². The molecule has 0 aromatic heterocycles. The lowest BCUT2D eigenvalue weighted by Gasteiger charge is -2.30. The molecule has 0 spiro atoms. The first-order valence-electron chi connectivity index (χ1n) is 6.28. The highest BCUT2D eigenvalue weighted by molar-refractivity contribution is 5.71. The number of nitrogens with one attached hydrogen (secondary N) is 2. The number of hydrogen-bond donors (Lipinski definition) is 2. The first-order valence-corrected chi connectivity index (χ1v) is 6.28. The van der Waals surface area contributed by atoms with Gasteiger partial charge in [-0.3, -0.25) is 0 Å². The van der Waals surface area contributed by atoms with E-state index in [9.17, 15) is 0 Å². The van der Waals surface area contributed by atoms with Crippen molar-refractivity contribution in [3.05, 3.63) is 23.8 Å². The number of hydrogen-bond acceptors (Lipinski definition) is 2. The Morgan fingerprint density at radius 3 is 3.06 bits per heavy atom. The van der Waals surface area contributed by atoms with Crippen molar-refractivity contribution in [2.45, 2.75) is 39.2 Å². The molecule has 1 heterocycles. The van der Waals surface area contributed by atoms with Crippen LogP contribution in [0.5, 0.6) is 0 Å². The zero-order chi connectivity index (χ0) is 11.2. The molecule has 1 aromatic carbocycles. The molecule has 1 fully saturated rings. The quantitative estimate of drug-likeness (QED) is 0.694. The molecule has 0 bridgehead atoms. The molecule has 3 rings (SSSR count). The number of aryl methyl sites for hydroxylation is 1. The highest BCUT2D eigenvalue weighted by Crippen LogP contribution is 2.43. The highest BCUT2D eigenvalue weighted by Gasteiger charge is 2.40. The largest absolute Gasteiger partial charge is 0.383 e. The third-order valence-corrected chi connectivity index (χ3v) is 4.27. The average Bonchev–Trinajstić information content (AvgIpc) is 2.54. The fraction of sp³-hybridized carbons (Fsp3) is 0.571. The van der Waals surface area contributed by atoms with Gasteiger partial charge in [0.05, 0.1) is 11.4 Å². The summed E-state index contributed by atoms with van der Waals surface area (Å²) in [6.07, 6.45) is 4.01. The van der Waals surface area contributed by atoms with Crippen molar-refractivity contribution in [2.75, 3.05) is 17.2 Å². The van der Waals surface area contributed by atoms with E-state index >= 15 is 0 Å². The molecule has 2 aliphatic rings. The van der Waals surface area contributed by atoms with E-state index in [1.54, 1.807) is 0 Å². The summed E-state index contributed by atoms with van der Waals surface area (Å²) >= 11 is 0. The zero-order valence-electron chi connectivity index (χ0n) is 10.1. The van der Waals surface area contributed by atoms with E-state index < -0.39 is 0 Å². The topological polar surface area (TPSA) is 24.1 Å². The third kappa shape index (κ3) is 1.48. The van der Waals surface area contributed by atoms with Gasteiger partial charge < -0.3 is 10.6 Å². The molecule has 1 aliphatic heterocycles. The Morgan fingerprint density at radius 1 is 1.31 bits per heavy atom. The predicted octanol–water partition coefficient (Wildman–Crippen LogP) is 3.39. The minimum absolute atomic E-state index is 0.424. The molecular weight excluding hydrogens is 196 g/mol. The molecule has 2 nitrogen and oxygen atoms in total. The lowest BCUT2D eigenvalue weighted by molar-refractivity contribution is 0.335. The summed E-state index contributed by atoms with van der Waals surface area (Å²) in [6.45, 7) is 5.66. The van der Waals surface area contributed by atoms with Gasteiger partial charge in [0.15, 0.2) is 0 Å². The van der Waals surface area contributed by atoms with Crippen molar-refractivity contribution >= 4 is 11.4 Å². The molecule has 1 aliphatic carbocycles. The van der Waals surface area contributed by atoms with Crippen LogP contribution in [-0.2, 0) is 0 Å². The molecule has 0 saturated heterocycles. The number of anilines is 2. The molecule has 0 radical (unpaired) electrons. The SMILES string of the molecule is Cc1ccc2c(c1)NC1CCCC1(C)CN2. The van der Waals surface area contributed by atoms with Crippen LogP contribution >= 0.6 is 0 Å². The van der Waals surface area contributed by atoms with Gasteiger partial charge in [0, 0.05) is 18.0 Å². The van der Waals surface area contributed by atoms with Gasteiger partial charge in [-0.2, -0.15) is 0 Å². The summed E-state index contributed by atoms with van der Waals surface area (Å²) in [7, 11) is 0. The number of fused-ring (bicyclic) bond motifs is 2. The van der Waals surface area contributed by atoms with Crippen molar-refractivity contribution in [3.8, 4) is 0 Å². The average molecular weight is 216 g/mol. The molecule has 86 valence electrons. The summed E-state index contributed by atoms with van der Waals surface area (Å²) in [4.78, 5) is 0. The molecule has 1 aromatic rings. The Balaban J connectivity index is 1.98. The van der Waals surface area contributed by atoms with Crippen LogP contribution in [0.3, 0.4) is 0 Å². The van der Waals surface area contributed by atoms with E-state index in [0.29, 0.717) is 11.5 Å². The Kier molecular flexibility index (Phi) is 2.13. The molecule has 2 heteroatoms. The fourth-order valence-electron chi connectivity index (χ4n) is 3.11. The predicted molar refractivity (Wildman–Crippen MR) is 69.0 cm³/mol. The summed E-state index contributed by atoms with van der Waals surface area (Å²) in [5, 5.41) is 7.34. The van der Waals surface area contributed by atoms with E-state index in [1.165, 1.54) is 36.2 Å². The van der Waals surface area contributed by atoms with E-state index in [1.807, 2.05) is 0 Å². The number of rotatable bonds is 0. The Hall–Kier alpha value is -1.18. The van der Waals surface area contributed by atoms with Crippen LogP contribution in [0.4, 0.5) is 11.4 Å².